The average Bonchev–Trinajstić information content (AvgIpc) is 2.28. The van der Waals surface area contributed by atoms with Gasteiger partial charge in [-0.3, -0.25) is 4.98 Å². The van der Waals surface area contributed by atoms with Crippen molar-refractivity contribution >= 4 is 0 Å². The zero-order valence-electron chi connectivity index (χ0n) is 10.9. The first kappa shape index (κ1) is 12.7. The van der Waals surface area contributed by atoms with Gasteiger partial charge in [0.05, 0.1) is 6.04 Å². The van der Waals surface area contributed by atoms with Crippen LogP contribution < -0.4 is 5.32 Å². The molecule has 0 saturated carbocycles. The molecule has 18 heavy (non-hydrogen) atoms. The first-order valence-electron chi connectivity index (χ1n) is 5.98. The smallest absolute Gasteiger partial charge is 0.123 e. The van der Waals surface area contributed by atoms with E-state index in [1.165, 1.54) is 6.07 Å². The molecule has 0 aliphatic carbocycles. The molecule has 1 aromatic carbocycles. The predicted molar refractivity (Wildman–Crippen MR) is 71.0 cm³/mol. The lowest BCUT2D eigenvalue weighted by Gasteiger charge is -2.18. The van der Waals surface area contributed by atoms with Crippen LogP contribution in [0.15, 0.2) is 36.4 Å². The summed E-state index contributed by atoms with van der Waals surface area (Å²) in [6, 6.07) is 10.7. The van der Waals surface area contributed by atoms with Gasteiger partial charge >= 0.3 is 0 Å². The second-order valence-electron chi connectivity index (χ2n) is 4.46. The molecule has 0 saturated heterocycles. The molecule has 1 N–H and O–H groups in total. The zero-order chi connectivity index (χ0) is 13.1. The van der Waals surface area contributed by atoms with E-state index in [1.807, 2.05) is 39.1 Å². The second-order valence-corrected chi connectivity index (χ2v) is 4.46. The van der Waals surface area contributed by atoms with E-state index in [0.717, 1.165) is 22.5 Å². The first-order valence-corrected chi connectivity index (χ1v) is 5.98. The highest BCUT2D eigenvalue weighted by Crippen LogP contribution is 2.23. The summed E-state index contributed by atoms with van der Waals surface area (Å²) in [5, 5.41) is 3.22. The minimum atomic E-state index is -0.213. The Hall–Kier alpha value is -1.74. The highest BCUT2D eigenvalue weighted by Gasteiger charge is 2.13. The summed E-state index contributed by atoms with van der Waals surface area (Å²) in [7, 11) is 1.88. The van der Waals surface area contributed by atoms with Crippen molar-refractivity contribution < 1.29 is 4.39 Å². The normalized spacial score (nSPS) is 12.4. The van der Waals surface area contributed by atoms with E-state index in [2.05, 4.69) is 10.3 Å². The molecule has 1 aromatic heterocycles. The number of aromatic nitrogens is 1. The zero-order valence-corrected chi connectivity index (χ0v) is 10.9. The van der Waals surface area contributed by atoms with Crippen molar-refractivity contribution in [2.45, 2.75) is 19.9 Å². The monoisotopic (exact) mass is 244 g/mol. The molecular formula is C15H17FN2. The van der Waals surface area contributed by atoms with Gasteiger partial charge in [0.1, 0.15) is 5.82 Å². The Balaban J connectivity index is 2.45. The second kappa shape index (κ2) is 5.27. The van der Waals surface area contributed by atoms with Gasteiger partial charge in [-0.15, -0.1) is 0 Å². The number of hydrogen-bond donors (Lipinski definition) is 1. The van der Waals surface area contributed by atoms with E-state index in [9.17, 15) is 4.39 Å². The van der Waals surface area contributed by atoms with E-state index in [0.29, 0.717) is 0 Å². The molecule has 2 aromatic rings. The van der Waals surface area contributed by atoms with Gasteiger partial charge in [0.2, 0.25) is 0 Å². The number of halogens is 1. The highest BCUT2D eigenvalue weighted by molar-refractivity contribution is 5.33. The van der Waals surface area contributed by atoms with Crippen LogP contribution in [0, 0.1) is 19.7 Å². The maximum atomic E-state index is 13.3. The largest absolute Gasteiger partial charge is 0.309 e. The van der Waals surface area contributed by atoms with E-state index < -0.39 is 0 Å². The number of nitrogens with one attached hydrogen (secondary N) is 1. The van der Waals surface area contributed by atoms with Crippen molar-refractivity contribution in [2.75, 3.05) is 7.05 Å². The number of benzene rings is 1. The Morgan fingerprint density at radius 1 is 1.06 bits per heavy atom. The fourth-order valence-corrected chi connectivity index (χ4v) is 2.25. The predicted octanol–water partition coefficient (Wildman–Crippen LogP) is 3.15. The van der Waals surface area contributed by atoms with Gasteiger partial charge in [-0.2, -0.15) is 0 Å². The van der Waals surface area contributed by atoms with Crippen LogP contribution in [0.3, 0.4) is 0 Å². The summed E-state index contributed by atoms with van der Waals surface area (Å²) in [4.78, 5) is 4.36. The highest BCUT2D eigenvalue weighted by atomic mass is 19.1. The molecule has 0 fully saturated rings. The Morgan fingerprint density at radius 3 is 2.28 bits per heavy atom. The molecule has 0 bridgehead atoms. The Kier molecular flexibility index (Phi) is 3.72. The number of aryl methyl sites for hydroxylation is 2. The number of rotatable bonds is 3. The van der Waals surface area contributed by atoms with Crippen LogP contribution in [0.1, 0.15) is 28.6 Å². The fraction of sp³-hybridized carbons (Fsp3) is 0.267. The minimum Gasteiger partial charge on any atom is -0.309 e. The first-order chi connectivity index (χ1) is 8.60. The topological polar surface area (TPSA) is 24.9 Å². The lowest BCUT2D eigenvalue weighted by atomic mass is 9.98. The minimum absolute atomic E-state index is 0.0129. The molecule has 1 unspecified atom stereocenters. The van der Waals surface area contributed by atoms with Gasteiger partial charge in [0, 0.05) is 11.4 Å². The maximum absolute atomic E-state index is 13.3. The van der Waals surface area contributed by atoms with Crippen molar-refractivity contribution in [3.05, 3.63) is 64.7 Å². The van der Waals surface area contributed by atoms with Crippen molar-refractivity contribution in [3.63, 3.8) is 0 Å². The third-order valence-corrected chi connectivity index (χ3v) is 2.91. The summed E-state index contributed by atoms with van der Waals surface area (Å²) < 4.78 is 13.3. The summed E-state index contributed by atoms with van der Waals surface area (Å²) in [5.74, 6) is -0.213. The average molecular weight is 244 g/mol. The Labute approximate surface area is 107 Å². The third kappa shape index (κ3) is 2.74. The summed E-state index contributed by atoms with van der Waals surface area (Å²) in [5.41, 5.74) is 3.97. The number of nitrogens with zero attached hydrogens (tertiary/aromatic N) is 1. The van der Waals surface area contributed by atoms with E-state index >= 15 is 0 Å². The van der Waals surface area contributed by atoms with E-state index in [1.54, 1.807) is 12.1 Å². The summed E-state index contributed by atoms with van der Waals surface area (Å²) >= 11 is 0. The molecular weight excluding hydrogens is 227 g/mol. The van der Waals surface area contributed by atoms with Crippen LogP contribution in [-0.2, 0) is 0 Å². The molecule has 0 aliphatic rings. The van der Waals surface area contributed by atoms with Crippen molar-refractivity contribution in [3.8, 4) is 0 Å². The molecule has 1 atom stereocenters. The standard InChI is InChI=1S/C15H17FN2/c1-10-7-13(8-11(2)18-10)15(17-3)12-5-4-6-14(16)9-12/h4-9,15,17H,1-3H3. The molecule has 0 spiro atoms. The van der Waals surface area contributed by atoms with Gasteiger partial charge in [0.15, 0.2) is 0 Å². The van der Waals surface area contributed by atoms with Gasteiger partial charge in [0.25, 0.3) is 0 Å². The molecule has 94 valence electrons. The van der Waals surface area contributed by atoms with Crippen molar-refractivity contribution in [2.24, 2.45) is 0 Å². The van der Waals surface area contributed by atoms with Crippen molar-refractivity contribution in [1.82, 2.24) is 10.3 Å². The molecule has 0 radical (unpaired) electrons. The van der Waals surface area contributed by atoms with Gasteiger partial charge in [-0.25, -0.2) is 4.39 Å². The summed E-state index contributed by atoms with van der Waals surface area (Å²) in [6.07, 6.45) is 0. The third-order valence-electron chi connectivity index (χ3n) is 2.91. The van der Waals surface area contributed by atoms with Crippen LogP contribution >= 0.6 is 0 Å². The van der Waals surface area contributed by atoms with Crippen LogP contribution in [0.5, 0.6) is 0 Å². The lowest BCUT2D eigenvalue weighted by molar-refractivity contribution is 0.616. The molecule has 2 rings (SSSR count). The quantitative estimate of drug-likeness (QED) is 0.897. The number of pyridine rings is 1. The van der Waals surface area contributed by atoms with Crippen molar-refractivity contribution in [1.29, 1.82) is 0 Å². The Bertz CT molecular complexity index is 532. The van der Waals surface area contributed by atoms with E-state index in [4.69, 9.17) is 0 Å². The van der Waals surface area contributed by atoms with Gasteiger partial charge in [-0.05, 0) is 56.3 Å². The summed E-state index contributed by atoms with van der Waals surface area (Å²) in [6.45, 7) is 3.93. The molecule has 2 nitrogen and oxygen atoms in total. The fourth-order valence-electron chi connectivity index (χ4n) is 2.25. The van der Waals surface area contributed by atoms with Crippen LogP contribution in [0.25, 0.3) is 0 Å². The van der Waals surface area contributed by atoms with E-state index in [-0.39, 0.29) is 11.9 Å². The Morgan fingerprint density at radius 2 is 1.72 bits per heavy atom. The molecule has 0 amide bonds. The lowest BCUT2D eigenvalue weighted by Crippen LogP contribution is -2.18. The van der Waals surface area contributed by atoms with Crippen LogP contribution in [0.2, 0.25) is 0 Å². The van der Waals surface area contributed by atoms with Crippen LogP contribution in [-0.4, -0.2) is 12.0 Å². The maximum Gasteiger partial charge on any atom is 0.123 e. The number of hydrogen-bond acceptors (Lipinski definition) is 2. The molecule has 3 heteroatoms. The SMILES string of the molecule is CNC(c1cccc(F)c1)c1cc(C)nc(C)c1. The molecule has 0 aliphatic heterocycles. The van der Waals surface area contributed by atoms with Gasteiger partial charge < -0.3 is 5.32 Å². The molecule has 1 heterocycles. The van der Waals surface area contributed by atoms with Crippen LogP contribution in [0.4, 0.5) is 4.39 Å². The van der Waals surface area contributed by atoms with Gasteiger partial charge in [-0.1, -0.05) is 12.1 Å².